The van der Waals surface area contributed by atoms with Gasteiger partial charge in [0.2, 0.25) is 0 Å². The lowest BCUT2D eigenvalue weighted by Gasteiger charge is -2.09. The predicted octanol–water partition coefficient (Wildman–Crippen LogP) is 5.04. The maximum atomic E-state index is 4.93. The first-order chi connectivity index (χ1) is 16.3. The van der Waals surface area contributed by atoms with E-state index in [0.717, 1.165) is 50.9 Å². The van der Waals surface area contributed by atoms with Crippen molar-refractivity contribution in [3.05, 3.63) is 103 Å². The molecule has 0 aliphatic rings. The van der Waals surface area contributed by atoms with Crippen LogP contribution < -0.4 is 0 Å². The average Bonchev–Trinajstić information content (AvgIpc) is 3.50. The SMILES string of the molecule is Cc1ccc(-n2cc(-c3ccccn3)nc2-c2ccc(-n3ncc4ncccc43)cc2)cn1. The third kappa shape index (κ3) is 3.45. The molecule has 1 aromatic carbocycles. The molecule has 0 aliphatic heterocycles. The van der Waals surface area contributed by atoms with E-state index >= 15 is 0 Å². The van der Waals surface area contributed by atoms with Gasteiger partial charge in [0.1, 0.15) is 17.0 Å². The average molecular weight is 429 g/mol. The van der Waals surface area contributed by atoms with E-state index < -0.39 is 0 Å². The maximum absolute atomic E-state index is 4.93. The van der Waals surface area contributed by atoms with Crippen LogP contribution in [-0.4, -0.2) is 34.3 Å². The molecule has 0 unspecified atom stereocenters. The molecule has 0 radical (unpaired) electrons. The quantitative estimate of drug-likeness (QED) is 0.393. The van der Waals surface area contributed by atoms with Gasteiger partial charge in [0.05, 0.1) is 35.0 Å². The number of pyridine rings is 3. The van der Waals surface area contributed by atoms with Crippen LogP contribution in [0.4, 0.5) is 0 Å². The molecule has 158 valence electrons. The van der Waals surface area contributed by atoms with E-state index in [9.17, 15) is 0 Å². The standard InChI is InChI=1S/C26H19N7/c1-18-7-10-21(15-29-18)32-17-24(22-5-2-3-13-27-22)31-26(32)19-8-11-20(12-9-19)33-25-6-4-14-28-23(25)16-30-33/h2-17H,1H3. The van der Waals surface area contributed by atoms with Crippen molar-refractivity contribution in [1.82, 2.24) is 34.3 Å². The summed E-state index contributed by atoms with van der Waals surface area (Å²) in [6.07, 6.45) is 9.19. The van der Waals surface area contributed by atoms with E-state index in [1.54, 1.807) is 18.6 Å². The number of imidazole rings is 1. The lowest BCUT2D eigenvalue weighted by atomic mass is 10.2. The zero-order chi connectivity index (χ0) is 22.2. The Morgan fingerprint density at radius 2 is 1.55 bits per heavy atom. The molecule has 0 bridgehead atoms. The monoisotopic (exact) mass is 429 g/mol. The summed E-state index contributed by atoms with van der Waals surface area (Å²) in [6, 6.07) is 22.0. The zero-order valence-corrected chi connectivity index (χ0v) is 17.9. The van der Waals surface area contributed by atoms with Crippen LogP contribution in [0.25, 0.3) is 45.2 Å². The van der Waals surface area contributed by atoms with Crippen LogP contribution in [0.1, 0.15) is 5.69 Å². The lowest BCUT2D eigenvalue weighted by Crippen LogP contribution is -1.99. The van der Waals surface area contributed by atoms with Gasteiger partial charge in [0, 0.05) is 29.8 Å². The first kappa shape index (κ1) is 19.1. The van der Waals surface area contributed by atoms with Gasteiger partial charge in [-0.2, -0.15) is 5.10 Å². The van der Waals surface area contributed by atoms with E-state index in [2.05, 4.69) is 36.8 Å². The van der Waals surface area contributed by atoms with Gasteiger partial charge in [0.15, 0.2) is 0 Å². The third-order valence-corrected chi connectivity index (χ3v) is 5.52. The number of fused-ring (bicyclic) bond motifs is 1. The normalized spacial score (nSPS) is 11.2. The molecule has 7 heteroatoms. The Bertz CT molecular complexity index is 1550. The Kier molecular flexibility index (Phi) is 4.51. The Morgan fingerprint density at radius 3 is 2.33 bits per heavy atom. The van der Waals surface area contributed by atoms with Gasteiger partial charge in [0.25, 0.3) is 0 Å². The van der Waals surface area contributed by atoms with E-state index in [0.29, 0.717) is 0 Å². The van der Waals surface area contributed by atoms with Gasteiger partial charge in [-0.15, -0.1) is 0 Å². The van der Waals surface area contributed by atoms with Gasteiger partial charge in [-0.25, -0.2) is 9.67 Å². The highest BCUT2D eigenvalue weighted by molar-refractivity contribution is 5.76. The van der Waals surface area contributed by atoms with Crippen LogP contribution in [0.5, 0.6) is 0 Å². The van der Waals surface area contributed by atoms with Gasteiger partial charge in [-0.1, -0.05) is 6.07 Å². The van der Waals surface area contributed by atoms with Gasteiger partial charge >= 0.3 is 0 Å². The molecule has 33 heavy (non-hydrogen) atoms. The van der Waals surface area contributed by atoms with Gasteiger partial charge in [-0.3, -0.25) is 19.5 Å². The highest BCUT2D eigenvalue weighted by atomic mass is 15.3. The molecule has 6 rings (SSSR count). The van der Waals surface area contributed by atoms with E-state index in [-0.39, 0.29) is 0 Å². The Labute approximate surface area is 190 Å². The molecule has 6 aromatic rings. The second kappa shape index (κ2) is 7.80. The molecule has 0 spiro atoms. The lowest BCUT2D eigenvalue weighted by molar-refractivity contribution is 0.910. The largest absolute Gasteiger partial charge is 0.298 e. The number of aromatic nitrogens is 7. The number of benzene rings is 1. The zero-order valence-electron chi connectivity index (χ0n) is 17.9. The highest BCUT2D eigenvalue weighted by Gasteiger charge is 2.15. The third-order valence-electron chi connectivity index (χ3n) is 5.52. The first-order valence-corrected chi connectivity index (χ1v) is 10.6. The topological polar surface area (TPSA) is 74.3 Å². The summed E-state index contributed by atoms with van der Waals surface area (Å²) in [5, 5.41) is 4.50. The molecule has 0 saturated carbocycles. The van der Waals surface area contributed by atoms with Crippen LogP contribution in [0.2, 0.25) is 0 Å². The molecule has 5 aromatic heterocycles. The van der Waals surface area contributed by atoms with Crippen molar-refractivity contribution in [2.24, 2.45) is 0 Å². The van der Waals surface area contributed by atoms with E-state index in [4.69, 9.17) is 4.98 Å². The van der Waals surface area contributed by atoms with E-state index in [1.807, 2.05) is 78.6 Å². The number of aryl methyl sites for hydroxylation is 1. The second-order valence-electron chi connectivity index (χ2n) is 7.70. The van der Waals surface area contributed by atoms with Crippen molar-refractivity contribution in [1.29, 1.82) is 0 Å². The molecule has 0 saturated heterocycles. The number of hydrogen-bond donors (Lipinski definition) is 0. The van der Waals surface area contributed by atoms with Gasteiger partial charge in [-0.05, 0) is 67.6 Å². The van der Waals surface area contributed by atoms with Crippen molar-refractivity contribution in [2.75, 3.05) is 0 Å². The summed E-state index contributed by atoms with van der Waals surface area (Å²) in [5.74, 6) is 0.819. The molecular weight excluding hydrogens is 410 g/mol. The fraction of sp³-hybridized carbons (Fsp3) is 0.0385. The Balaban J connectivity index is 1.45. The summed E-state index contributed by atoms with van der Waals surface area (Å²) in [5.41, 5.74) is 7.31. The molecular formula is C26H19N7. The van der Waals surface area contributed by atoms with Crippen LogP contribution in [0.15, 0.2) is 97.7 Å². The predicted molar refractivity (Wildman–Crippen MR) is 127 cm³/mol. The van der Waals surface area contributed by atoms with Crippen molar-refractivity contribution >= 4 is 11.0 Å². The molecule has 7 nitrogen and oxygen atoms in total. The molecule has 0 fully saturated rings. The minimum atomic E-state index is 0.805. The number of rotatable bonds is 4. The second-order valence-corrected chi connectivity index (χ2v) is 7.70. The number of hydrogen-bond acceptors (Lipinski definition) is 5. The molecule has 0 amide bonds. The van der Waals surface area contributed by atoms with Crippen LogP contribution in [0.3, 0.4) is 0 Å². The molecule has 0 N–H and O–H groups in total. The fourth-order valence-electron chi connectivity index (χ4n) is 3.84. The highest BCUT2D eigenvalue weighted by Crippen LogP contribution is 2.28. The minimum Gasteiger partial charge on any atom is -0.298 e. The van der Waals surface area contributed by atoms with E-state index in [1.165, 1.54) is 0 Å². The van der Waals surface area contributed by atoms with Crippen molar-refractivity contribution in [2.45, 2.75) is 6.92 Å². The Hall–Kier alpha value is -4.65. The summed E-state index contributed by atoms with van der Waals surface area (Å²) in [7, 11) is 0. The van der Waals surface area contributed by atoms with Crippen LogP contribution >= 0.6 is 0 Å². The number of nitrogens with zero attached hydrogens (tertiary/aromatic N) is 7. The maximum Gasteiger partial charge on any atom is 0.145 e. The molecule has 0 aliphatic carbocycles. The van der Waals surface area contributed by atoms with Crippen LogP contribution in [0, 0.1) is 6.92 Å². The summed E-state index contributed by atoms with van der Waals surface area (Å²) < 4.78 is 3.94. The summed E-state index contributed by atoms with van der Waals surface area (Å²) in [4.78, 5) is 18.2. The minimum absolute atomic E-state index is 0.805. The molecule has 5 heterocycles. The summed E-state index contributed by atoms with van der Waals surface area (Å²) >= 11 is 0. The van der Waals surface area contributed by atoms with Crippen molar-refractivity contribution in [3.8, 4) is 34.2 Å². The molecule has 0 atom stereocenters. The first-order valence-electron chi connectivity index (χ1n) is 10.6. The smallest absolute Gasteiger partial charge is 0.145 e. The van der Waals surface area contributed by atoms with Gasteiger partial charge < -0.3 is 0 Å². The fourth-order valence-corrected chi connectivity index (χ4v) is 3.84. The Morgan fingerprint density at radius 1 is 0.697 bits per heavy atom. The summed E-state index contributed by atoms with van der Waals surface area (Å²) in [6.45, 7) is 1.98. The van der Waals surface area contributed by atoms with Crippen molar-refractivity contribution < 1.29 is 0 Å². The van der Waals surface area contributed by atoms with Crippen LogP contribution in [-0.2, 0) is 0 Å². The van der Waals surface area contributed by atoms with Crippen molar-refractivity contribution in [3.63, 3.8) is 0 Å².